The second-order valence-corrected chi connectivity index (χ2v) is 9.27. The Hall–Kier alpha value is -4.05. The van der Waals surface area contributed by atoms with Gasteiger partial charge < -0.3 is 10.6 Å². The molecule has 0 saturated heterocycles. The van der Waals surface area contributed by atoms with E-state index < -0.39 is 29.5 Å². The van der Waals surface area contributed by atoms with Gasteiger partial charge in [-0.3, -0.25) is 23.5 Å². The van der Waals surface area contributed by atoms with Crippen molar-refractivity contribution >= 4 is 44.3 Å². The Balaban J connectivity index is 1.51. The van der Waals surface area contributed by atoms with Crippen molar-refractivity contribution in [3.8, 4) is 0 Å². The number of fused-ring (bicyclic) bond motifs is 1. The summed E-state index contributed by atoms with van der Waals surface area (Å²) >= 11 is 3.16. The fourth-order valence-electron chi connectivity index (χ4n) is 3.94. The van der Waals surface area contributed by atoms with Gasteiger partial charge in [-0.05, 0) is 42.3 Å². The van der Waals surface area contributed by atoms with E-state index in [0.29, 0.717) is 17.4 Å². The summed E-state index contributed by atoms with van der Waals surface area (Å²) < 4.78 is 16.8. The molecular formula is C27H24BrFN4O4. The smallest absolute Gasteiger partial charge is 0.331 e. The van der Waals surface area contributed by atoms with Crippen LogP contribution < -0.4 is 21.9 Å². The number of nitrogens with one attached hydrogen (secondary N) is 2. The van der Waals surface area contributed by atoms with Gasteiger partial charge in [0.25, 0.3) is 5.56 Å². The monoisotopic (exact) mass is 566 g/mol. The van der Waals surface area contributed by atoms with Crippen molar-refractivity contribution in [2.75, 3.05) is 11.9 Å². The lowest BCUT2D eigenvalue weighted by Gasteiger charge is -2.14. The molecule has 1 aromatic heterocycles. The zero-order valence-corrected chi connectivity index (χ0v) is 21.3. The van der Waals surface area contributed by atoms with Crippen molar-refractivity contribution in [3.63, 3.8) is 0 Å². The van der Waals surface area contributed by atoms with Gasteiger partial charge in [0.15, 0.2) is 0 Å². The minimum absolute atomic E-state index is 0.0361. The van der Waals surface area contributed by atoms with Crippen LogP contribution in [0.4, 0.5) is 10.1 Å². The Morgan fingerprint density at radius 1 is 0.892 bits per heavy atom. The van der Waals surface area contributed by atoms with E-state index in [4.69, 9.17) is 0 Å². The standard InChI is InChI=1S/C27H24BrFN4O4/c28-19-10-11-22(21(29)16-19)31-25(35)17-33-23-9-5-4-8-20(23)26(36)32(27(33)37)15-13-24(34)30-14-12-18-6-2-1-3-7-18/h1-11,16H,12-15,17H2,(H,30,34)(H,31,35). The number of benzene rings is 3. The maximum atomic E-state index is 14.2. The Kier molecular flexibility index (Phi) is 8.29. The van der Waals surface area contributed by atoms with Crippen LogP contribution in [0.5, 0.6) is 0 Å². The van der Waals surface area contributed by atoms with Crippen LogP contribution >= 0.6 is 15.9 Å². The van der Waals surface area contributed by atoms with Crippen molar-refractivity contribution in [3.05, 3.63) is 109 Å². The molecule has 2 amide bonds. The van der Waals surface area contributed by atoms with E-state index in [1.807, 2.05) is 30.3 Å². The highest BCUT2D eigenvalue weighted by Crippen LogP contribution is 2.19. The van der Waals surface area contributed by atoms with Crippen molar-refractivity contribution in [2.24, 2.45) is 0 Å². The quantitative estimate of drug-likeness (QED) is 0.324. The van der Waals surface area contributed by atoms with Crippen LogP contribution in [0, 0.1) is 5.82 Å². The molecule has 0 spiro atoms. The molecule has 0 unspecified atom stereocenters. The number of aromatic nitrogens is 2. The molecule has 0 aliphatic carbocycles. The third-order valence-corrected chi connectivity index (χ3v) is 6.27. The maximum absolute atomic E-state index is 14.2. The molecule has 3 aromatic carbocycles. The van der Waals surface area contributed by atoms with Gasteiger partial charge in [-0.15, -0.1) is 0 Å². The molecule has 4 rings (SSSR count). The Bertz CT molecular complexity index is 1570. The summed E-state index contributed by atoms with van der Waals surface area (Å²) in [6.45, 7) is -0.173. The van der Waals surface area contributed by atoms with Gasteiger partial charge in [-0.1, -0.05) is 58.4 Å². The number of nitrogens with zero attached hydrogens (tertiary/aromatic N) is 2. The topological polar surface area (TPSA) is 102 Å². The van der Waals surface area contributed by atoms with Gasteiger partial charge in [0, 0.05) is 24.0 Å². The number of hydrogen-bond acceptors (Lipinski definition) is 4. The van der Waals surface area contributed by atoms with Gasteiger partial charge in [0.1, 0.15) is 12.4 Å². The van der Waals surface area contributed by atoms with Crippen LogP contribution in [0.2, 0.25) is 0 Å². The molecule has 1 heterocycles. The molecule has 0 aliphatic rings. The van der Waals surface area contributed by atoms with Crippen LogP contribution in [0.15, 0.2) is 86.9 Å². The molecule has 4 aromatic rings. The largest absolute Gasteiger partial charge is 0.356 e. The number of halogens is 2. The van der Waals surface area contributed by atoms with E-state index in [2.05, 4.69) is 26.6 Å². The minimum Gasteiger partial charge on any atom is -0.356 e. The van der Waals surface area contributed by atoms with Crippen molar-refractivity contribution in [1.29, 1.82) is 0 Å². The molecule has 190 valence electrons. The fraction of sp³-hybridized carbons (Fsp3) is 0.185. The summed E-state index contributed by atoms with van der Waals surface area (Å²) in [7, 11) is 0. The first-order valence-electron chi connectivity index (χ1n) is 11.6. The van der Waals surface area contributed by atoms with E-state index in [0.717, 1.165) is 14.7 Å². The summed E-state index contributed by atoms with van der Waals surface area (Å²) in [6, 6.07) is 20.3. The number of amides is 2. The summed E-state index contributed by atoms with van der Waals surface area (Å²) in [4.78, 5) is 51.4. The summed E-state index contributed by atoms with van der Waals surface area (Å²) in [5.41, 5.74) is 0.0387. The normalized spacial score (nSPS) is 10.9. The molecular weight excluding hydrogens is 543 g/mol. The van der Waals surface area contributed by atoms with Crippen LogP contribution in [-0.4, -0.2) is 27.5 Å². The second kappa shape index (κ2) is 11.8. The van der Waals surface area contributed by atoms with Gasteiger partial charge in [0.2, 0.25) is 11.8 Å². The van der Waals surface area contributed by atoms with Crippen molar-refractivity contribution < 1.29 is 14.0 Å². The molecule has 10 heteroatoms. The SMILES string of the molecule is O=C(CCn1c(=O)c2ccccc2n(CC(=O)Nc2ccc(Br)cc2F)c1=O)NCCc1ccccc1. The molecule has 0 bridgehead atoms. The van der Waals surface area contributed by atoms with Gasteiger partial charge in [-0.25, -0.2) is 9.18 Å². The third-order valence-electron chi connectivity index (χ3n) is 5.78. The van der Waals surface area contributed by atoms with Gasteiger partial charge in [-0.2, -0.15) is 0 Å². The van der Waals surface area contributed by atoms with Crippen LogP contribution in [0.3, 0.4) is 0 Å². The second-order valence-electron chi connectivity index (χ2n) is 8.35. The number of carbonyl (C=O) groups is 2. The summed E-state index contributed by atoms with van der Waals surface area (Å²) in [6.07, 6.45) is 0.571. The van der Waals surface area contributed by atoms with E-state index in [1.165, 1.54) is 12.1 Å². The molecule has 37 heavy (non-hydrogen) atoms. The average molecular weight is 567 g/mol. The first-order valence-corrected chi connectivity index (χ1v) is 12.4. The molecule has 2 N–H and O–H groups in total. The predicted octanol–water partition coefficient (Wildman–Crippen LogP) is 3.45. The number of carbonyl (C=O) groups excluding carboxylic acids is 2. The molecule has 0 fully saturated rings. The molecule has 0 atom stereocenters. The first kappa shape index (κ1) is 26.0. The van der Waals surface area contributed by atoms with Crippen LogP contribution in [0.25, 0.3) is 10.9 Å². The van der Waals surface area contributed by atoms with E-state index in [1.54, 1.807) is 30.3 Å². The zero-order valence-electron chi connectivity index (χ0n) is 19.7. The molecule has 0 aliphatic heterocycles. The maximum Gasteiger partial charge on any atom is 0.331 e. The molecule has 0 radical (unpaired) electrons. The van der Waals surface area contributed by atoms with Crippen LogP contribution in [0.1, 0.15) is 12.0 Å². The fourth-order valence-corrected chi connectivity index (χ4v) is 4.27. The Labute approximate surface area is 219 Å². The lowest BCUT2D eigenvalue weighted by Crippen LogP contribution is -2.42. The lowest BCUT2D eigenvalue weighted by atomic mass is 10.1. The highest BCUT2D eigenvalue weighted by Gasteiger charge is 2.17. The first-order chi connectivity index (χ1) is 17.8. The average Bonchev–Trinajstić information content (AvgIpc) is 2.89. The number of rotatable bonds is 9. The predicted molar refractivity (Wildman–Crippen MR) is 143 cm³/mol. The number of hydrogen-bond donors (Lipinski definition) is 2. The van der Waals surface area contributed by atoms with Gasteiger partial charge >= 0.3 is 5.69 Å². The van der Waals surface area contributed by atoms with Crippen LogP contribution in [-0.2, 0) is 29.1 Å². The zero-order chi connectivity index (χ0) is 26.4. The lowest BCUT2D eigenvalue weighted by molar-refractivity contribution is -0.121. The highest BCUT2D eigenvalue weighted by molar-refractivity contribution is 9.10. The van der Waals surface area contributed by atoms with E-state index in [9.17, 15) is 23.6 Å². The minimum atomic E-state index is -0.729. The summed E-state index contributed by atoms with van der Waals surface area (Å²) in [5.74, 6) is -1.58. The van der Waals surface area contributed by atoms with E-state index in [-0.39, 0.29) is 35.5 Å². The highest BCUT2D eigenvalue weighted by atomic mass is 79.9. The van der Waals surface area contributed by atoms with E-state index >= 15 is 0 Å². The van der Waals surface area contributed by atoms with Gasteiger partial charge in [0.05, 0.1) is 16.6 Å². The van der Waals surface area contributed by atoms with Crippen molar-refractivity contribution in [2.45, 2.75) is 25.9 Å². The Morgan fingerprint density at radius 2 is 1.62 bits per heavy atom. The molecule has 0 saturated carbocycles. The Morgan fingerprint density at radius 3 is 2.38 bits per heavy atom. The third kappa shape index (κ3) is 6.39. The number of anilines is 1. The summed E-state index contributed by atoms with van der Waals surface area (Å²) in [5, 5.41) is 5.48. The molecule has 8 nitrogen and oxygen atoms in total. The number of para-hydroxylation sites is 1. The van der Waals surface area contributed by atoms with Crippen molar-refractivity contribution in [1.82, 2.24) is 14.5 Å².